The summed E-state index contributed by atoms with van der Waals surface area (Å²) in [5, 5.41) is 8.90. The number of carbonyl (C=O) groups is 1. The van der Waals surface area contributed by atoms with Crippen LogP contribution >= 0.6 is 0 Å². The molecule has 0 unspecified atom stereocenters. The molecule has 0 spiro atoms. The maximum Gasteiger partial charge on any atom is 0.310 e. The molecule has 0 aromatic rings. The molecular weight excluding hydrogens is 230 g/mol. The van der Waals surface area contributed by atoms with E-state index in [1.54, 1.807) is 0 Å². The van der Waals surface area contributed by atoms with Crippen LogP contribution in [-0.2, 0) is 14.8 Å². The molecule has 5 nitrogen and oxygen atoms in total. The molecular formula is C10H19NO4S. The van der Waals surface area contributed by atoms with Crippen LogP contribution in [0.3, 0.4) is 0 Å². The van der Waals surface area contributed by atoms with E-state index in [4.69, 9.17) is 5.11 Å². The zero-order chi connectivity index (χ0) is 12.6. The van der Waals surface area contributed by atoms with Gasteiger partial charge in [0.25, 0.3) is 0 Å². The number of carboxylic acids is 1. The standard InChI is InChI=1S/C10H19NO4S/c1-9(2,3)7-16(14,15)11-6-10(4-5-10)8(12)13/h11H,4-7H2,1-3H3,(H,12,13). The van der Waals surface area contributed by atoms with Crippen LogP contribution in [0, 0.1) is 10.8 Å². The Bertz CT molecular complexity index is 376. The molecule has 16 heavy (non-hydrogen) atoms. The Morgan fingerprint density at radius 3 is 2.19 bits per heavy atom. The van der Waals surface area contributed by atoms with Crippen molar-refractivity contribution in [1.82, 2.24) is 4.72 Å². The SMILES string of the molecule is CC(C)(C)CS(=O)(=O)NCC1(C(=O)O)CC1. The van der Waals surface area contributed by atoms with Crippen molar-refractivity contribution in [3.05, 3.63) is 0 Å². The van der Waals surface area contributed by atoms with E-state index in [1.165, 1.54) is 0 Å². The van der Waals surface area contributed by atoms with Crippen LogP contribution in [0.25, 0.3) is 0 Å². The van der Waals surface area contributed by atoms with Gasteiger partial charge < -0.3 is 5.11 Å². The smallest absolute Gasteiger partial charge is 0.310 e. The van der Waals surface area contributed by atoms with Gasteiger partial charge in [-0.2, -0.15) is 0 Å². The first kappa shape index (κ1) is 13.4. The second-order valence-electron chi connectivity index (χ2n) is 5.73. The van der Waals surface area contributed by atoms with E-state index in [9.17, 15) is 13.2 Å². The van der Waals surface area contributed by atoms with E-state index >= 15 is 0 Å². The second-order valence-corrected chi connectivity index (χ2v) is 7.53. The zero-order valence-corrected chi connectivity index (χ0v) is 10.7. The summed E-state index contributed by atoms with van der Waals surface area (Å²) >= 11 is 0. The number of carboxylic acid groups (broad SMARTS) is 1. The lowest BCUT2D eigenvalue weighted by Crippen LogP contribution is -2.38. The van der Waals surface area contributed by atoms with Gasteiger partial charge in [0.15, 0.2) is 0 Å². The van der Waals surface area contributed by atoms with Crippen LogP contribution in [0.2, 0.25) is 0 Å². The molecule has 1 saturated carbocycles. The molecule has 0 amide bonds. The number of hydrogen-bond acceptors (Lipinski definition) is 3. The first-order chi connectivity index (χ1) is 7.06. The van der Waals surface area contributed by atoms with Gasteiger partial charge in [-0.3, -0.25) is 4.79 Å². The van der Waals surface area contributed by atoms with Gasteiger partial charge in [-0.1, -0.05) is 20.8 Å². The Kier molecular flexibility index (Phi) is 3.36. The molecule has 1 rings (SSSR count). The fourth-order valence-corrected chi connectivity index (χ4v) is 3.22. The largest absolute Gasteiger partial charge is 0.481 e. The average molecular weight is 249 g/mol. The minimum Gasteiger partial charge on any atom is -0.481 e. The predicted octanol–water partition coefficient (Wildman–Crippen LogP) is 0.817. The van der Waals surface area contributed by atoms with Gasteiger partial charge in [0.05, 0.1) is 11.2 Å². The summed E-state index contributed by atoms with van der Waals surface area (Å²) in [5.41, 5.74) is -1.17. The van der Waals surface area contributed by atoms with Crippen molar-refractivity contribution in [1.29, 1.82) is 0 Å². The van der Waals surface area contributed by atoms with Crippen molar-refractivity contribution in [2.45, 2.75) is 33.6 Å². The molecule has 0 aromatic carbocycles. The molecule has 0 atom stereocenters. The van der Waals surface area contributed by atoms with Crippen LogP contribution in [0.15, 0.2) is 0 Å². The summed E-state index contributed by atoms with van der Waals surface area (Å²) in [7, 11) is -3.38. The molecule has 1 fully saturated rings. The molecule has 0 aromatic heterocycles. The van der Waals surface area contributed by atoms with Crippen molar-refractivity contribution < 1.29 is 18.3 Å². The summed E-state index contributed by atoms with van der Waals surface area (Å²) in [6.45, 7) is 5.50. The molecule has 0 heterocycles. The second kappa shape index (κ2) is 4.00. The van der Waals surface area contributed by atoms with Crippen molar-refractivity contribution in [3.8, 4) is 0 Å². The van der Waals surface area contributed by atoms with Gasteiger partial charge in [0.2, 0.25) is 10.0 Å². The first-order valence-electron chi connectivity index (χ1n) is 5.27. The fraction of sp³-hybridized carbons (Fsp3) is 0.900. The van der Waals surface area contributed by atoms with Crippen molar-refractivity contribution in [2.75, 3.05) is 12.3 Å². The van der Waals surface area contributed by atoms with Crippen LogP contribution in [0.5, 0.6) is 0 Å². The van der Waals surface area contributed by atoms with Crippen LogP contribution in [0.4, 0.5) is 0 Å². The summed E-state index contributed by atoms with van der Waals surface area (Å²) in [6, 6.07) is 0. The fourth-order valence-electron chi connectivity index (χ4n) is 1.49. The van der Waals surface area contributed by atoms with E-state index in [0.717, 1.165) is 0 Å². The summed E-state index contributed by atoms with van der Waals surface area (Å²) in [6.07, 6.45) is 1.11. The Morgan fingerprint density at radius 2 is 1.88 bits per heavy atom. The van der Waals surface area contributed by atoms with Crippen LogP contribution < -0.4 is 4.72 Å². The molecule has 0 aliphatic heterocycles. The van der Waals surface area contributed by atoms with Crippen molar-refractivity contribution >= 4 is 16.0 Å². The number of aliphatic carboxylic acids is 1. The highest BCUT2D eigenvalue weighted by Gasteiger charge is 2.50. The lowest BCUT2D eigenvalue weighted by atomic mass is 10.0. The first-order valence-corrected chi connectivity index (χ1v) is 6.92. The highest BCUT2D eigenvalue weighted by Crippen LogP contribution is 2.45. The van der Waals surface area contributed by atoms with E-state index in [2.05, 4.69) is 4.72 Å². The molecule has 6 heteroatoms. The summed E-state index contributed by atoms with van der Waals surface area (Å²) in [4.78, 5) is 10.9. The van der Waals surface area contributed by atoms with Crippen LogP contribution in [0.1, 0.15) is 33.6 Å². The minimum atomic E-state index is -3.38. The Balaban J connectivity index is 2.53. The van der Waals surface area contributed by atoms with Gasteiger partial charge in [-0.25, -0.2) is 13.1 Å². The monoisotopic (exact) mass is 249 g/mol. The number of sulfonamides is 1. The summed E-state index contributed by atoms with van der Waals surface area (Å²) < 4.78 is 25.7. The third-order valence-corrected chi connectivity index (χ3v) is 4.39. The average Bonchev–Trinajstić information content (AvgIpc) is 2.76. The molecule has 1 aliphatic rings. The topological polar surface area (TPSA) is 83.5 Å². The third kappa shape index (κ3) is 3.75. The molecule has 0 radical (unpaired) electrons. The van der Waals surface area contributed by atoms with Gasteiger partial charge in [0.1, 0.15) is 0 Å². The lowest BCUT2D eigenvalue weighted by molar-refractivity contribution is -0.142. The molecule has 1 aliphatic carbocycles. The molecule has 0 saturated heterocycles. The number of nitrogens with one attached hydrogen (secondary N) is 1. The Hall–Kier alpha value is -0.620. The van der Waals surface area contributed by atoms with Crippen molar-refractivity contribution in [3.63, 3.8) is 0 Å². The van der Waals surface area contributed by atoms with E-state index < -0.39 is 21.4 Å². The Morgan fingerprint density at radius 1 is 1.38 bits per heavy atom. The highest BCUT2D eigenvalue weighted by molar-refractivity contribution is 7.89. The highest BCUT2D eigenvalue weighted by atomic mass is 32.2. The molecule has 2 N–H and O–H groups in total. The zero-order valence-electron chi connectivity index (χ0n) is 9.91. The minimum absolute atomic E-state index is 0.00962. The molecule has 0 bridgehead atoms. The maximum atomic E-state index is 11.6. The lowest BCUT2D eigenvalue weighted by Gasteiger charge is -2.19. The normalized spacial score (nSPS) is 19.4. The van der Waals surface area contributed by atoms with E-state index in [1.807, 2.05) is 20.8 Å². The van der Waals surface area contributed by atoms with Crippen molar-refractivity contribution in [2.24, 2.45) is 10.8 Å². The van der Waals surface area contributed by atoms with E-state index in [0.29, 0.717) is 12.8 Å². The summed E-state index contributed by atoms with van der Waals surface area (Å²) in [5.74, 6) is -0.902. The quantitative estimate of drug-likeness (QED) is 0.755. The van der Waals surface area contributed by atoms with Gasteiger partial charge in [-0.05, 0) is 18.3 Å². The van der Waals surface area contributed by atoms with Gasteiger partial charge in [0, 0.05) is 6.54 Å². The third-order valence-electron chi connectivity index (χ3n) is 2.56. The van der Waals surface area contributed by atoms with Gasteiger partial charge in [-0.15, -0.1) is 0 Å². The number of rotatable bonds is 5. The molecule has 94 valence electrons. The Labute approximate surface area is 96.3 Å². The van der Waals surface area contributed by atoms with Crippen LogP contribution in [-0.4, -0.2) is 31.8 Å². The maximum absolute atomic E-state index is 11.6. The predicted molar refractivity (Wildman–Crippen MR) is 60.5 cm³/mol. The van der Waals surface area contributed by atoms with Gasteiger partial charge >= 0.3 is 5.97 Å². The van der Waals surface area contributed by atoms with E-state index in [-0.39, 0.29) is 17.7 Å². The number of hydrogen-bond donors (Lipinski definition) is 2.